The zero-order chi connectivity index (χ0) is 24.2. The fourth-order valence-electron chi connectivity index (χ4n) is 4.49. The van der Waals surface area contributed by atoms with E-state index in [9.17, 15) is 4.79 Å². The molecule has 2 atom stereocenters. The van der Waals surface area contributed by atoms with Gasteiger partial charge in [-0.2, -0.15) is 5.10 Å². The second-order valence-corrected chi connectivity index (χ2v) is 9.85. The average molecular weight is 488 g/mol. The smallest absolute Gasteiger partial charge is 0.261 e. The Balaban J connectivity index is 1.33. The van der Waals surface area contributed by atoms with Crippen molar-refractivity contribution in [2.24, 2.45) is 0 Å². The zero-order valence-corrected chi connectivity index (χ0v) is 20.7. The summed E-state index contributed by atoms with van der Waals surface area (Å²) in [4.78, 5) is 20.4. The van der Waals surface area contributed by atoms with Crippen LogP contribution in [0.5, 0.6) is 0 Å². The fourth-order valence-corrected chi connectivity index (χ4v) is 5.19. The van der Waals surface area contributed by atoms with Gasteiger partial charge in [0.05, 0.1) is 30.0 Å². The summed E-state index contributed by atoms with van der Waals surface area (Å²) in [6.45, 7) is 7.28. The van der Waals surface area contributed by atoms with Gasteiger partial charge in [-0.05, 0) is 19.4 Å². The molecule has 0 radical (unpaired) electrons. The van der Waals surface area contributed by atoms with Crippen LogP contribution in [0.15, 0.2) is 72.2 Å². The lowest BCUT2D eigenvalue weighted by molar-refractivity contribution is -0.0707. The minimum atomic E-state index is -0.210. The van der Waals surface area contributed by atoms with Gasteiger partial charge in [0.15, 0.2) is 5.13 Å². The molecule has 1 aliphatic heterocycles. The number of thiazole rings is 1. The first-order valence-corrected chi connectivity index (χ1v) is 12.7. The van der Waals surface area contributed by atoms with Gasteiger partial charge in [0, 0.05) is 36.8 Å². The van der Waals surface area contributed by atoms with Crippen LogP contribution < -0.4 is 5.32 Å². The van der Waals surface area contributed by atoms with Crippen molar-refractivity contribution in [3.63, 3.8) is 0 Å². The lowest BCUT2D eigenvalue weighted by Gasteiger charge is -2.34. The minimum absolute atomic E-state index is 0.209. The first kappa shape index (κ1) is 23.4. The van der Waals surface area contributed by atoms with Gasteiger partial charge in [0.2, 0.25) is 0 Å². The number of benzene rings is 2. The Morgan fingerprint density at radius 3 is 2.43 bits per heavy atom. The van der Waals surface area contributed by atoms with Crippen LogP contribution in [-0.4, -0.2) is 50.9 Å². The Bertz CT molecular complexity index is 1260. The molecule has 5 rings (SSSR count). The summed E-state index contributed by atoms with van der Waals surface area (Å²) in [5.74, 6) is -0.210. The molecule has 1 fully saturated rings. The van der Waals surface area contributed by atoms with Crippen LogP contribution in [0.1, 0.15) is 35.5 Å². The molecule has 1 saturated heterocycles. The summed E-state index contributed by atoms with van der Waals surface area (Å²) >= 11 is 1.45. The monoisotopic (exact) mass is 487 g/mol. The minimum Gasteiger partial charge on any atom is -0.373 e. The number of carbonyl (C=O) groups excluding carboxylic acids is 1. The Hall–Kier alpha value is -3.33. The lowest BCUT2D eigenvalue weighted by Crippen LogP contribution is -2.44. The van der Waals surface area contributed by atoms with Crippen molar-refractivity contribution in [3.05, 3.63) is 89.1 Å². The molecule has 2 aromatic carbocycles. The van der Waals surface area contributed by atoms with E-state index in [1.807, 2.05) is 64.8 Å². The van der Waals surface area contributed by atoms with Crippen molar-refractivity contribution < 1.29 is 9.53 Å². The highest BCUT2D eigenvalue weighted by Crippen LogP contribution is 2.25. The third-order valence-corrected chi connectivity index (χ3v) is 6.70. The van der Waals surface area contributed by atoms with Crippen molar-refractivity contribution in [1.82, 2.24) is 19.7 Å². The van der Waals surface area contributed by atoms with Crippen molar-refractivity contribution >= 4 is 22.4 Å². The van der Waals surface area contributed by atoms with Gasteiger partial charge in [-0.3, -0.25) is 19.7 Å². The highest BCUT2D eigenvalue weighted by Gasteiger charge is 2.23. The van der Waals surface area contributed by atoms with E-state index in [2.05, 4.69) is 41.2 Å². The maximum absolute atomic E-state index is 13.3. The quantitative estimate of drug-likeness (QED) is 0.401. The van der Waals surface area contributed by atoms with Crippen molar-refractivity contribution in [2.75, 3.05) is 18.4 Å². The molecule has 2 unspecified atom stereocenters. The molecular formula is C27H29N5O2S. The van der Waals surface area contributed by atoms with Crippen molar-refractivity contribution in [1.29, 1.82) is 0 Å². The van der Waals surface area contributed by atoms with Crippen LogP contribution in [-0.2, 0) is 17.8 Å². The number of hydrogen-bond acceptors (Lipinski definition) is 6. The van der Waals surface area contributed by atoms with Crippen molar-refractivity contribution in [2.45, 2.75) is 39.1 Å². The molecule has 1 aliphatic rings. The molecule has 1 amide bonds. The standard InChI is InChI=1S/C27H29N5O2S/c1-19-13-31(14-20(2)34-19)16-23-18-35-27(28-23)29-26(33)24-17-32(15-21-9-5-3-6-10-21)30-25(24)22-11-7-4-8-12-22/h3-12,17-20H,13-16H2,1-2H3,(H,28,29,33). The largest absolute Gasteiger partial charge is 0.373 e. The summed E-state index contributed by atoms with van der Waals surface area (Å²) < 4.78 is 7.64. The van der Waals surface area contributed by atoms with Gasteiger partial charge >= 0.3 is 0 Å². The van der Waals surface area contributed by atoms with Crippen molar-refractivity contribution in [3.8, 4) is 11.3 Å². The van der Waals surface area contributed by atoms with E-state index in [1.54, 1.807) is 0 Å². The number of amides is 1. The Labute approximate surface area is 209 Å². The van der Waals surface area contributed by atoms with Crippen LogP contribution in [0.25, 0.3) is 11.3 Å². The van der Waals surface area contributed by atoms with Gasteiger partial charge in [0.25, 0.3) is 5.91 Å². The lowest BCUT2D eigenvalue weighted by atomic mass is 10.1. The van der Waals surface area contributed by atoms with Gasteiger partial charge < -0.3 is 4.74 Å². The van der Waals surface area contributed by atoms with E-state index < -0.39 is 0 Å². The molecule has 7 nitrogen and oxygen atoms in total. The van der Waals surface area contributed by atoms with E-state index in [4.69, 9.17) is 9.84 Å². The number of anilines is 1. The van der Waals surface area contributed by atoms with Gasteiger partial charge in [-0.1, -0.05) is 60.7 Å². The molecule has 0 bridgehead atoms. The highest BCUT2D eigenvalue weighted by molar-refractivity contribution is 7.14. The molecule has 0 spiro atoms. The predicted molar refractivity (Wildman–Crippen MR) is 139 cm³/mol. The molecular weight excluding hydrogens is 458 g/mol. The molecule has 4 aromatic rings. The first-order chi connectivity index (χ1) is 17.0. The Kier molecular flexibility index (Phi) is 7.03. The van der Waals surface area contributed by atoms with Crippen LogP contribution in [0.2, 0.25) is 0 Å². The topological polar surface area (TPSA) is 72.3 Å². The molecule has 1 N–H and O–H groups in total. The maximum atomic E-state index is 13.3. The van der Waals surface area contributed by atoms with Gasteiger partial charge in [-0.15, -0.1) is 11.3 Å². The molecule has 0 aliphatic carbocycles. The van der Waals surface area contributed by atoms with E-state index in [0.717, 1.165) is 36.5 Å². The zero-order valence-electron chi connectivity index (χ0n) is 19.9. The summed E-state index contributed by atoms with van der Waals surface area (Å²) in [5.41, 5.74) is 4.17. The number of rotatable bonds is 7. The molecule has 2 aromatic heterocycles. The number of nitrogens with one attached hydrogen (secondary N) is 1. The number of nitrogens with zero attached hydrogens (tertiary/aromatic N) is 4. The second kappa shape index (κ2) is 10.5. The highest BCUT2D eigenvalue weighted by atomic mass is 32.1. The number of hydrogen-bond donors (Lipinski definition) is 1. The molecule has 8 heteroatoms. The van der Waals surface area contributed by atoms with E-state index in [0.29, 0.717) is 22.9 Å². The normalized spacial score (nSPS) is 18.5. The second-order valence-electron chi connectivity index (χ2n) is 8.99. The third kappa shape index (κ3) is 5.85. The molecule has 0 saturated carbocycles. The van der Waals surface area contributed by atoms with Gasteiger partial charge in [-0.25, -0.2) is 4.98 Å². The third-order valence-electron chi connectivity index (χ3n) is 5.89. The summed E-state index contributed by atoms with van der Waals surface area (Å²) in [5, 5.41) is 10.4. The summed E-state index contributed by atoms with van der Waals surface area (Å²) in [6.07, 6.45) is 2.23. The Morgan fingerprint density at radius 2 is 1.71 bits per heavy atom. The van der Waals surface area contributed by atoms with Crippen LogP contribution in [0, 0.1) is 0 Å². The molecule has 180 valence electrons. The SMILES string of the molecule is CC1CN(Cc2csc(NC(=O)c3cn(Cc4ccccc4)nc3-c3ccccc3)n2)CC(C)O1. The number of morpholine rings is 1. The summed E-state index contributed by atoms with van der Waals surface area (Å²) in [6, 6.07) is 19.9. The number of aromatic nitrogens is 3. The van der Waals surface area contributed by atoms with Crippen LogP contribution in [0.4, 0.5) is 5.13 Å². The number of ether oxygens (including phenoxy) is 1. The predicted octanol–water partition coefficient (Wildman–Crippen LogP) is 4.92. The summed E-state index contributed by atoms with van der Waals surface area (Å²) in [7, 11) is 0. The van der Waals surface area contributed by atoms with Crippen LogP contribution in [0.3, 0.4) is 0 Å². The van der Waals surface area contributed by atoms with E-state index in [1.165, 1.54) is 11.3 Å². The van der Waals surface area contributed by atoms with Gasteiger partial charge in [0.1, 0.15) is 5.69 Å². The van der Waals surface area contributed by atoms with E-state index in [-0.39, 0.29) is 18.1 Å². The molecule has 35 heavy (non-hydrogen) atoms. The average Bonchev–Trinajstić information content (AvgIpc) is 3.46. The van der Waals surface area contributed by atoms with Crippen LogP contribution >= 0.6 is 11.3 Å². The van der Waals surface area contributed by atoms with E-state index >= 15 is 0 Å². The Morgan fingerprint density at radius 1 is 1.03 bits per heavy atom. The number of carbonyl (C=O) groups is 1. The molecule has 3 heterocycles. The fraction of sp³-hybridized carbons (Fsp3) is 0.296. The first-order valence-electron chi connectivity index (χ1n) is 11.8. The maximum Gasteiger partial charge on any atom is 0.261 e.